The van der Waals surface area contributed by atoms with Crippen molar-refractivity contribution in [2.75, 3.05) is 20.3 Å². The Morgan fingerprint density at radius 1 is 1.50 bits per heavy atom. The predicted octanol–water partition coefficient (Wildman–Crippen LogP) is 1.77. The number of hydrogen-bond donors (Lipinski definition) is 1. The van der Waals surface area contributed by atoms with Gasteiger partial charge in [0, 0.05) is 37.9 Å². The zero-order chi connectivity index (χ0) is 13.0. The molecule has 4 nitrogen and oxygen atoms in total. The fourth-order valence-corrected chi connectivity index (χ4v) is 2.89. The van der Waals surface area contributed by atoms with Crippen molar-refractivity contribution in [3.05, 3.63) is 17.5 Å². The second-order valence-corrected chi connectivity index (χ2v) is 5.14. The lowest BCUT2D eigenvalue weighted by Crippen LogP contribution is -2.39. The second-order valence-electron chi connectivity index (χ2n) is 5.14. The van der Waals surface area contributed by atoms with Crippen LogP contribution >= 0.6 is 0 Å². The van der Waals surface area contributed by atoms with Gasteiger partial charge in [0.25, 0.3) is 0 Å². The highest BCUT2D eigenvalue weighted by atomic mass is 16.5. The van der Waals surface area contributed by atoms with E-state index in [2.05, 4.69) is 42.1 Å². The van der Waals surface area contributed by atoms with Crippen molar-refractivity contribution in [1.29, 1.82) is 0 Å². The molecule has 4 heteroatoms. The molecule has 1 unspecified atom stereocenters. The van der Waals surface area contributed by atoms with Crippen molar-refractivity contribution in [3.8, 4) is 0 Å². The molecule has 2 rings (SSSR count). The van der Waals surface area contributed by atoms with Gasteiger partial charge in [-0.1, -0.05) is 0 Å². The van der Waals surface area contributed by atoms with Crippen molar-refractivity contribution < 1.29 is 4.74 Å². The third-order valence-corrected chi connectivity index (χ3v) is 3.92. The van der Waals surface area contributed by atoms with Crippen molar-refractivity contribution in [1.82, 2.24) is 15.1 Å². The van der Waals surface area contributed by atoms with Gasteiger partial charge in [0.15, 0.2) is 0 Å². The van der Waals surface area contributed by atoms with Gasteiger partial charge in [-0.2, -0.15) is 5.10 Å². The van der Waals surface area contributed by atoms with Gasteiger partial charge < -0.3 is 10.1 Å². The SMILES string of the molecule is CCn1nc(C)cc1CC(NC)C1CCOCC1. The van der Waals surface area contributed by atoms with Gasteiger partial charge >= 0.3 is 0 Å². The largest absolute Gasteiger partial charge is 0.381 e. The van der Waals surface area contributed by atoms with E-state index in [1.54, 1.807) is 0 Å². The first-order valence-corrected chi connectivity index (χ1v) is 7.03. The standard InChI is InChI=1S/C14H25N3O/c1-4-17-13(9-11(2)16-17)10-14(15-3)12-5-7-18-8-6-12/h9,12,14-15H,4-8,10H2,1-3H3. The van der Waals surface area contributed by atoms with E-state index >= 15 is 0 Å². The first-order valence-electron chi connectivity index (χ1n) is 7.03. The zero-order valence-electron chi connectivity index (χ0n) is 11.8. The van der Waals surface area contributed by atoms with Crippen LogP contribution in [0.2, 0.25) is 0 Å². The highest BCUT2D eigenvalue weighted by Gasteiger charge is 2.24. The molecular formula is C14H25N3O. The molecule has 0 bridgehead atoms. The first kappa shape index (κ1) is 13.6. The van der Waals surface area contributed by atoms with Gasteiger partial charge in [0.1, 0.15) is 0 Å². The Morgan fingerprint density at radius 2 is 2.22 bits per heavy atom. The Morgan fingerprint density at radius 3 is 2.83 bits per heavy atom. The summed E-state index contributed by atoms with van der Waals surface area (Å²) in [7, 11) is 2.07. The average molecular weight is 251 g/mol. The normalized spacial score (nSPS) is 19.1. The van der Waals surface area contributed by atoms with E-state index in [4.69, 9.17) is 4.74 Å². The number of hydrogen-bond acceptors (Lipinski definition) is 3. The molecule has 1 fully saturated rings. The van der Waals surface area contributed by atoms with E-state index in [1.807, 2.05) is 0 Å². The number of nitrogens with one attached hydrogen (secondary N) is 1. The van der Waals surface area contributed by atoms with Crippen LogP contribution in [0.4, 0.5) is 0 Å². The van der Waals surface area contributed by atoms with Gasteiger partial charge in [-0.05, 0) is 45.7 Å². The average Bonchev–Trinajstić information content (AvgIpc) is 2.77. The molecule has 0 aromatic carbocycles. The first-order chi connectivity index (χ1) is 8.74. The minimum absolute atomic E-state index is 0.537. The van der Waals surface area contributed by atoms with Crippen LogP contribution in [0.25, 0.3) is 0 Å². The number of rotatable bonds is 5. The maximum Gasteiger partial charge on any atom is 0.0596 e. The summed E-state index contributed by atoms with van der Waals surface area (Å²) >= 11 is 0. The molecule has 0 spiro atoms. The summed E-state index contributed by atoms with van der Waals surface area (Å²) in [6.07, 6.45) is 3.41. The second kappa shape index (κ2) is 6.34. The molecule has 0 saturated carbocycles. The van der Waals surface area contributed by atoms with E-state index < -0.39 is 0 Å². The molecule has 1 atom stereocenters. The molecule has 1 aromatic heterocycles. The van der Waals surface area contributed by atoms with Crippen LogP contribution < -0.4 is 5.32 Å². The van der Waals surface area contributed by atoms with Crippen LogP contribution in [-0.2, 0) is 17.7 Å². The van der Waals surface area contributed by atoms with Crippen LogP contribution in [0.5, 0.6) is 0 Å². The quantitative estimate of drug-likeness (QED) is 0.867. The number of aromatic nitrogens is 2. The molecule has 0 aliphatic carbocycles. The van der Waals surface area contributed by atoms with Gasteiger partial charge in [-0.3, -0.25) is 4.68 Å². The number of nitrogens with zero attached hydrogens (tertiary/aromatic N) is 2. The van der Waals surface area contributed by atoms with E-state index in [0.717, 1.165) is 37.8 Å². The van der Waals surface area contributed by atoms with Crippen molar-refractivity contribution >= 4 is 0 Å². The summed E-state index contributed by atoms with van der Waals surface area (Å²) in [4.78, 5) is 0. The number of aryl methyl sites for hydroxylation is 2. The lowest BCUT2D eigenvalue weighted by atomic mass is 9.89. The maximum absolute atomic E-state index is 5.45. The molecule has 2 heterocycles. The highest BCUT2D eigenvalue weighted by molar-refractivity contribution is 5.11. The molecule has 1 aliphatic heterocycles. The molecule has 1 aliphatic rings. The number of likely N-dealkylation sites (N-methyl/N-ethyl adjacent to an activating group) is 1. The van der Waals surface area contributed by atoms with Crippen LogP contribution in [0.3, 0.4) is 0 Å². The van der Waals surface area contributed by atoms with Crippen LogP contribution in [0.15, 0.2) is 6.07 Å². The molecule has 0 radical (unpaired) electrons. The lowest BCUT2D eigenvalue weighted by molar-refractivity contribution is 0.0545. The fraction of sp³-hybridized carbons (Fsp3) is 0.786. The topological polar surface area (TPSA) is 39.1 Å². The van der Waals surface area contributed by atoms with E-state index in [0.29, 0.717) is 6.04 Å². The molecule has 1 aromatic rings. The molecular weight excluding hydrogens is 226 g/mol. The van der Waals surface area contributed by atoms with Crippen LogP contribution in [-0.4, -0.2) is 36.1 Å². The van der Waals surface area contributed by atoms with E-state index in [9.17, 15) is 0 Å². The molecule has 18 heavy (non-hydrogen) atoms. The summed E-state index contributed by atoms with van der Waals surface area (Å²) in [6.45, 7) is 6.99. The Bertz CT molecular complexity index is 369. The summed E-state index contributed by atoms with van der Waals surface area (Å²) in [5.41, 5.74) is 2.47. The van der Waals surface area contributed by atoms with Crippen LogP contribution in [0.1, 0.15) is 31.2 Å². The zero-order valence-corrected chi connectivity index (χ0v) is 11.8. The van der Waals surface area contributed by atoms with Crippen molar-refractivity contribution in [2.45, 2.75) is 45.7 Å². The summed E-state index contributed by atoms with van der Waals surface area (Å²) in [6, 6.07) is 2.75. The van der Waals surface area contributed by atoms with Gasteiger partial charge in [0.2, 0.25) is 0 Å². The predicted molar refractivity (Wildman–Crippen MR) is 72.7 cm³/mol. The van der Waals surface area contributed by atoms with E-state index in [1.165, 1.54) is 18.5 Å². The Labute approximate surface area is 110 Å². The molecule has 1 N–H and O–H groups in total. The minimum Gasteiger partial charge on any atom is -0.381 e. The van der Waals surface area contributed by atoms with E-state index in [-0.39, 0.29) is 0 Å². The van der Waals surface area contributed by atoms with Gasteiger partial charge in [0.05, 0.1) is 5.69 Å². The monoisotopic (exact) mass is 251 g/mol. The molecule has 102 valence electrons. The smallest absolute Gasteiger partial charge is 0.0596 e. The molecule has 0 amide bonds. The lowest BCUT2D eigenvalue weighted by Gasteiger charge is -2.30. The van der Waals surface area contributed by atoms with Gasteiger partial charge in [-0.25, -0.2) is 0 Å². The Kier molecular flexibility index (Phi) is 4.78. The minimum atomic E-state index is 0.537. The maximum atomic E-state index is 5.45. The van der Waals surface area contributed by atoms with Gasteiger partial charge in [-0.15, -0.1) is 0 Å². The summed E-state index contributed by atoms with van der Waals surface area (Å²) in [5.74, 6) is 0.726. The third kappa shape index (κ3) is 3.12. The Hall–Kier alpha value is -0.870. The number of ether oxygens (including phenoxy) is 1. The van der Waals surface area contributed by atoms with Crippen LogP contribution in [0, 0.1) is 12.8 Å². The highest BCUT2D eigenvalue weighted by Crippen LogP contribution is 2.21. The van der Waals surface area contributed by atoms with Crippen molar-refractivity contribution in [3.63, 3.8) is 0 Å². The summed E-state index contributed by atoms with van der Waals surface area (Å²) < 4.78 is 7.57. The molecule has 1 saturated heterocycles. The Balaban J connectivity index is 2.04. The summed E-state index contributed by atoms with van der Waals surface area (Å²) in [5, 5.41) is 8.01. The fourth-order valence-electron chi connectivity index (χ4n) is 2.89. The third-order valence-electron chi connectivity index (χ3n) is 3.92. The van der Waals surface area contributed by atoms with Crippen molar-refractivity contribution in [2.24, 2.45) is 5.92 Å².